The van der Waals surface area contributed by atoms with Crippen LogP contribution in [0.15, 0.2) is 36.8 Å². The largest absolute Gasteiger partial charge is 0.396 e. The number of pyridine rings is 2. The maximum Gasteiger partial charge on any atom is 0.255 e. The van der Waals surface area contributed by atoms with Crippen LogP contribution in [-0.2, 0) is 0 Å². The number of carbonyl (C=O) groups excluding carboxylic acids is 1. The predicted molar refractivity (Wildman–Crippen MR) is 110 cm³/mol. The number of aliphatic hydroxyl groups is 1. The van der Waals surface area contributed by atoms with Crippen molar-refractivity contribution in [2.45, 2.75) is 20.8 Å². The molecule has 4 heterocycles. The minimum Gasteiger partial charge on any atom is -0.396 e. The van der Waals surface area contributed by atoms with E-state index in [2.05, 4.69) is 26.9 Å². The first-order chi connectivity index (χ1) is 14.0. The van der Waals surface area contributed by atoms with Crippen LogP contribution in [0.2, 0.25) is 0 Å². The number of imidazole rings is 1. The van der Waals surface area contributed by atoms with E-state index in [0.717, 1.165) is 34.0 Å². The zero-order chi connectivity index (χ0) is 20.5. The van der Waals surface area contributed by atoms with Crippen molar-refractivity contribution in [1.29, 1.82) is 0 Å². The molecule has 4 rings (SSSR count). The second-order valence-electron chi connectivity index (χ2n) is 7.82. The average molecular weight is 391 g/mol. The van der Waals surface area contributed by atoms with E-state index in [9.17, 15) is 9.90 Å². The van der Waals surface area contributed by atoms with Gasteiger partial charge in [0.05, 0.1) is 11.3 Å². The lowest BCUT2D eigenvalue weighted by Crippen LogP contribution is -2.29. The van der Waals surface area contributed by atoms with Crippen molar-refractivity contribution in [1.82, 2.24) is 24.8 Å². The van der Waals surface area contributed by atoms with Crippen LogP contribution in [0, 0.1) is 25.7 Å². The number of aryl methyl sites for hydroxylation is 2. The van der Waals surface area contributed by atoms with E-state index in [1.807, 2.05) is 32.0 Å². The molecular weight excluding hydrogens is 366 g/mol. The fourth-order valence-electron chi connectivity index (χ4n) is 3.74. The number of amides is 1. The van der Waals surface area contributed by atoms with Crippen LogP contribution >= 0.6 is 0 Å². The van der Waals surface area contributed by atoms with E-state index in [0.29, 0.717) is 24.6 Å². The summed E-state index contributed by atoms with van der Waals surface area (Å²) in [5.41, 5.74) is 5.04. The molecule has 7 nitrogen and oxygen atoms in total. The summed E-state index contributed by atoms with van der Waals surface area (Å²) in [6.45, 7) is 7.35. The molecule has 1 fully saturated rings. The van der Waals surface area contributed by atoms with Crippen LogP contribution in [0.25, 0.3) is 22.6 Å². The van der Waals surface area contributed by atoms with Crippen molar-refractivity contribution in [3.63, 3.8) is 0 Å². The Morgan fingerprint density at radius 1 is 1.24 bits per heavy atom. The molecule has 0 aliphatic carbocycles. The van der Waals surface area contributed by atoms with Gasteiger partial charge in [0.2, 0.25) is 0 Å². The summed E-state index contributed by atoms with van der Waals surface area (Å²) >= 11 is 0. The van der Waals surface area contributed by atoms with E-state index in [1.54, 1.807) is 23.5 Å². The molecule has 0 unspecified atom stereocenters. The molecule has 29 heavy (non-hydrogen) atoms. The Kier molecular flexibility index (Phi) is 5.15. The molecule has 2 atom stereocenters. The third-order valence-electron chi connectivity index (χ3n) is 5.74. The van der Waals surface area contributed by atoms with E-state index in [-0.39, 0.29) is 18.4 Å². The van der Waals surface area contributed by atoms with Gasteiger partial charge in [-0.25, -0.2) is 4.98 Å². The van der Waals surface area contributed by atoms with E-state index in [1.165, 1.54) is 0 Å². The SMILES string of the molecule is Cc1nc(-c2cc(-c3cncc(C(=O)N4C[C@H](CO)[C@@H](C)C4)c3)ccn2)[nH]c1C. The molecule has 0 bridgehead atoms. The number of rotatable bonds is 4. The van der Waals surface area contributed by atoms with Gasteiger partial charge >= 0.3 is 0 Å². The monoisotopic (exact) mass is 391 g/mol. The summed E-state index contributed by atoms with van der Waals surface area (Å²) in [7, 11) is 0. The first-order valence-corrected chi connectivity index (χ1v) is 9.81. The van der Waals surface area contributed by atoms with Crippen LogP contribution in [0.5, 0.6) is 0 Å². The van der Waals surface area contributed by atoms with Crippen LogP contribution < -0.4 is 0 Å². The fraction of sp³-hybridized carbons (Fsp3) is 0.364. The lowest BCUT2D eigenvalue weighted by atomic mass is 10.00. The molecule has 1 amide bonds. The average Bonchev–Trinajstić information content (AvgIpc) is 3.29. The molecule has 2 N–H and O–H groups in total. The number of likely N-dealkylation sites (tertiary alicyclic amines) is 1. The molecular formula is C22H25N5O2. The second kappa shape index (κ2) is 7.75. The van der Waals surface area contributed by atoms with Crippen LogP contribution in [0.1, 0.15) is 28.7 Å². The summed E-state index contributed by atoms with van der Waals surface area (Å²) in [6.07, 6.45) is 5.09. The quantitative estimate of drug-likeness (QED) is 0.713. The molecule has 3 aromatic rings. The molecule has 0 radical (unpaired) electrons. The smallest absolute Gasteiger partial charge is 0.255 e. The van der Waals surface area contributed by atoms with Gasteiger partial charge in [-0.05, 0) is 43.5 Å². The van der Waals surface area contributed by atoms with Gasteiger partial charge in [0.1, 0.15) is 5.69 Å². The number of aromatic nitrogens is 4. The molecule has 0 saturated carbocycles. The van der Waals surface area contributed by atoms with Crippen molar-refractivity contribution in [3.05, 3.63) is 53.7 Å². The molecule has 1 aliphatic rings. The lowest BCUT2D eigenvalue weighted by Gasteiger charge is -2.16. The Morgan fingerprint density at radius 2 is 2.07 bits per heavy atom. The second-order valence-corrected chi connectivity index (χ2v) is 7.82. The first kappa shape index (κ1) is 19.3. The molecule has 0 aromatic carbocycles. The minimum atomic E-state index is -0.0475. The summed E-state index contributed by atoms with van der Waals surface area (Å²) in [5, 5.41) is 9.47. The topological polar surface area (TPSA) is 95.0 Å². The van der Waals surface area contributed by atoms with Crippen molar-refractivity contribution in [2.24, 2.45) is 11.8 Å². The maximum absolute atomic E-state index is 12.9. The van der Waals surface area contributed by atoms with Crippen LogP contribution in [0.3, 0.4) is 0 Å². The summed E-state index contributed by atoms with van der Waals surface area (Å²) < 4.78 is 0. The number of aliphatic hydroxyl groups excluding tert-OH is 1. The highest BCUT2D eigenvalue weighted by Crippen LogP contribution is 2.27. The summed E-state index contributed by atoms with van der Waals surface area (Å²) in [6, 6.07) is 5.71. The standard InChI is InChI=1S/C22H25N5O2/c1-13-10-27(11-19(13)12-28)22(29)18-6-17(8-23-9-18)16-4-5-24-20(7-16)21-25-14(2)15(3)26-21/h4-9,13,19,28H,10-12H2,1-3H3,(H,25,26)/t13-,19+/m0/s1. The number of H-pyrrole nitrogens is 1. The van der Waals surface area contributed by atoms with Gasteiger partial charge < -0.3 is 15.0 Å². The van der Waals surface area contributed by atoms with E-state index >= 15 is 0 Å². The van der Waals surface area contributed by atoms with Gasteiger partial charge in [-0.2, -0.15) is 0 Å². The van der Waals surface area contributed by atoms with Gasteiger partial charge in [-0.15, -0.1) is 0 Å². The van der Waals surface area contributed by atoms with Crippen molar-refractivity contribution in [3.8, 4) is 22.6 Å². The number of nitrogens with zero attached hydrogens (tertiary/aromatic N) is 4. The number of aromatic amines is 1. The molecule has 3 aromatic heterocycles. The van der Waals surface area contributed by atoms with E-state index in [4.69, 9.17) is 0 Å². The Hall–Kier alpha value is -3.06. The van der Waals surface area contributed by atoms with E-state index < -0.39 is 0 Å². The molecule has 150 valence electrons. The zero-order valence-electron chi connectivity index (χ0n) is 16.9. The summed E-state index contributed by atoms with van der Waals surface area (Å²) in [4.78, 5) is 31.2. The van der Waals surface area contributed by atoms with Gasteiger partial charge in [0.25, 0.3) is 5.91 Å². The Labute approximate surface area is 169 Å². The lowest BCUT2D eigenvalue weighted by molar-refractivity contribution is 0.0780. The number of hydrogen-bond acceptors (Lipinski definition) is 5. The third kappa shape index (κ3) is 3.78. The first-order valence-electron chi connectivity index (χ1n) is 9.81. The van der Waals surface area contributed by atoms with Crippen molar-refractivity contribution < 1.29 is 9.90 Å². The number of nitrogens with one attached hydrogen (secondary N) is 1. The third-order valence-corrected chi connectivity index (χ3v) is 5.74. The molecule has 0 spiro atoms. The van der Waals surface area contributed by atoms with Crippen molar-refractivity contribution >= 4 is 5.91 Å². The number of carbonyl (C=O) groups is 1. The van der Waals surface area contributed by atoms with Gasteiger partial charge in [0, 0.05) is 55.5 Å². The molecule has 1 aliphatic heterocycles. The maximum atomic E-state index is 12.9. The number of hydrogen-bond donors (Lipinski definition) is 2. The van der Waals surface area contributed by atoms with Crippen LogP contribution in [-0.4, -0.2) is 55.5 Å². The Morgan fingerprint density at radius 3 is 2.76 bits per heavy atom. The van der Waals surface area contributed by atoms with Gasteiger partial charge in [-0.1, -0.05) is 6.92 Å². The molecule has 1 saturated heterocycles. The highest BCUT2D eigenvalue weighted by molar-refractivity contribution is 5.95. The zero-order valence-corrected chi connectivity index (χ0v) is 16.9. The highest BCUT2D eigenvalue weighted by Gasteiger charge is 2.32. The molecule has 7 heteroatoms. The highest BCUT2D eigenvalue weighted by atomic mass is 16.3. The normalized spacial score (nSPS) is 19.0. The predicted octanol–water partition coefficient (Wildman–Crippen LogP) is 2.85. The fourth-order valence-corrected chi connectivity index (χ4v) is 3.74. The van der Waals surface area contributed by atoms with Gasteiger partial charge in [-0.3, -0.25) is 14.8 Å². The Bertz CT molecular complexity index is 1030. The van der Waals surface area contributed by atoms with Gasteiger partial charge in [0.15, 0.2) is 5.82 Å². The van der Waals surface area contributed by atoms with Crippen LogP contribution in [0.4, 0.5) is 0 Å². The Balaban J connectivity index is 1.61. The minimum absolute atomic E-state index is 0.0475. The summed E-state index contributed by atoms with van der Waals surface area (Å²) in [5.74, 6) is 1.11. The van der Waals surface area contributed by atoms with Crippen molar-refractivity contribution in [2.75, 3.05) is 19.7 Å².